The molecular weight excluding hydrogens is 406 g/mol. The summed E-state index contributed by atoms with van der Waals surface area (Å²) in [5, 5.41) is 10.8. The number of ether oxygens (including phenoxy) is 2. The molecule has 0 unspecified atom stereocenters. The summed E-state index contributed by atoms with van der Waals surface area (Å²) in [4.78, 5) is 33.5. The predicted molar refractivity (Wildman–Crippen MR) is 98.0 cm³/mol. The summed E-state index contributed by atoms with van der Waals surface area (Å²) >= 11 is 3.34. The Morgan fingerprint density at radius 3 is 2.58 bits per heavy atom. The minimum Gasteiger partial charge on any atom is -0.492 e. The Bertz CT molecular complexity index is 836. The maximum Gasteiger partial charge on any atom is 0.343 e. The van der Waals surface area contributed by atoms with Gasteiger partial charge in [-0.1, -0.05) is 13.3 Å². The van der Waals surface area contributed by atoms with Crippen LogP contribution in [0.3, 0.4) is 0 Å². The maximum atomic E-state index is 12.3. The van der Waals surface area contributed by atoms with E-state index in [0.29, 0.717) is 23.1 Å². The molecule has 8 heteroatoms. The van der Waals surface area contributed by atoms with Crippen LogP contribution in [0.4, 0.5) is 5.69 Å². The molecule has 0 aliphatic rings. The number of nitrogens with zero attached hydrogens (tertiary/aromatic N) is 1. The molecule has 0 amide bonds. The van der Waals surface area contributed by atoms with Crippen LogP contribution in [0.5, 0.6) is 11.5 Å². The summed E-state index contributed by atoms with van der Waals surface area (Å²) in [7, 11) is 0. The van der Waals surface area contributed by atoms with E-state index >= 15 is 0 Å². The minimum absolute atomic E-state index is 0.0463. The van der Waals surface area contributed by atoms with Crippen LogP contribution >= 0.6 is 15.9 Å². The highest BCUT2D eigenvalue weighted by molar-refractivity contribution is 9.10. The zero-order chi connectivity index (χ0) is 19.1. The quantitative estimate of drug-likeness (QED) is 0.154. The van der Waals surface area contributed by atoms with E-state index in [9.17, 15) is 19.7 Å². The van der Waals surface area contributed by atoms with Crippen molar-refractivity contribution in [1.82, 2.24) is 0 Å². The van der Waals surface area contributed by atoms with Gasteiger partial charge in [0.25, 0.3) is 5.69 Å². The maximum absolute atomic E-state index is 12.3. The van der Waals surface area contributed by atoms with Gasteiger partial charge in [-0.05, 0) is 46.6 Å². The predicted octanol–water partition coefficient (Wildman–Crippen LogP) is 4.57. The molecule has 0 spiro atoms. The van der Waals surface area contributed by atoms with Gasteiger partial charge in [0, 0.05) is 12.1 Å². The van der Waals surface area contributed by atoms with Gasteiger partial charge in [-0.15, -0.1) is 0 Å². The first-order valence-electron chi connectivity index (χ1n) is 7.84. The Balaban J connectivity index is 2.16. The van der Waals surface area contributed by atoms with Crippen molar-refractivity contribution in [3.63, 3.8) is 0 Å². The second kappa shape index (κ2) is 9.10. The summed E-state index contributed by atoms with van der Waals surface area (Å²) in [6.45, 7) is 2.63. The Labute approximate surface area is 158 Å². The van der Waals surface area contributed by atoms with E-state index in [2.05, 4.69) is 22.9 Å². The van der Waals surface area contributed by atoms with Gasteiger partial charge in [0.2, 0.25) is 0 Å². The fraction of sp³-hybridized carbons (Fsp3) is 0.222. The normalized spacial score (nSPS) is 10.2. The molecule has 0 N–H and O–H groups in total. The lowest BCUT2D eigenvalue weighted by Crippen LogP contribution is -2.10. The van der Waals surface area contributed by atoms with Crippen molar-refractivity contribution in [2.75, 3.05) is 6.61 Å². The number of benzene rings is 2. The van der Waals surface area contributed by atoms with Crippen molar-refractivity contribution < 1.29 is 24.0 Å². The molecular formula is C18H16BrNO6. The first kappa shape index (κ1) is 19.6. The molecule has 0 fully saturated rings. The second-order valence-corrected chi connectivity index (χ2v) is 6.19. The van der Waals surface area contributed by atoms with Crippen LogP contribution < -0.4 is 9.47 Å². The Kier molecular flexibility index (Phi) is 6.85. The van der Waals surface area contributed by atoms with E-state index in [1.165, 1.54) is 6.07 Å². The van der Waals surface area contributed by atoms with Gasteiger partial charge < -0.3 is 9.47 Å². The third kappa shape index (κ3) is 4.89. The van der Waals surface area contributed by atoms with E-state index in [1.54, 1.807) is 18.2 Å². The van der Waals surface area contributed by atoms with E-state index in [-0.39, 0.29) is 22.6 Å². The molecule has 0 atom stereocenters. The second-order valence-electron chi connectivity index (χ2n) is 5.33. The van der Waals surface area contributed by atoms with E-state index in [1.807, 2.05) is 0 Å². The molecule has 7 nitrogen and oxygen atoms in total. The number of rotatable bonds is 8. The van der Waals surface area contributed by atoms with Gasteiger partial charge >= 0.3 is 5.97 Å². The van der Waals surface area contributed by atoms with Crippen LogP contribution in [-0.4, -0.2) is 23.8 Å². The fourth-order valence-electron chi connectivity index (χ4n) is 2.06. The molecule has 2 aromatic carbocycles. The van der Waals surface area contributed by atoms with E-state index in [4.69, 9.17) is 9.47 Å². The van der Waals surface area contributed by atoms with E-state index < -0.39 is 10.9 Å². The minimum atomic E-state index is -0.692. The SMILES string of the molecule is CCCCOc1ccc(C(=O)Oc2ccc([N+](=O)[O-])cc2C=O)cc1Br. The lowest BCUT2D eigenvalue weighted by molar-refractivity contribution is -0.384. The van der Waals surface area contributed by atoms with Crippen molar-refractivity contribution >= 4 is 33.9 Å². The first-order chi connectivity index (χ1) is 12.5. The van der Waals surface area contributed by atoms with Crippen molar-refractivity contribution in [3.8, 4) is 11.5 Å². The van der Waals surface area contributed by atoms with E-state index in [0.717, 1.165) is 25.0 Å². The molecule has 0 aliphatic heterocycles. The number of carbonyl (C=O) groups excluding carboxylic acids is 2. The highest BCUT2D eigenvalue weighted by Gasteiger charge is 2.16. The average Bonchev–Trinajstić information content (AvgIpc) is 2.63. The molecule has 0 radical (unpaired) electrons. The number of nitro groups is 1. The fourth-order valence-corrected chi connectivity index (χ4v) is 2.56. The summed E-state index contributed by atoms with van der Waals surface area (Å²) < 4.78 is 11.4. The highest BCUT2D eigenvalue weighted by atomic mass is 79.9. The Hall–Kier alpha value is -2.74. The van der Waals surface area contributed by atoms with Crippen molar-refractivity contribution in [2.24, 2.45) is 0 Å². The largest absolute Gasteiger partial charge is 0.492 e. The molecule has 0 saturated carbocycles. The molecule has 0 aliphatic carbocycles. The number of unbranched alkanes of at least 4 members (excludes halogenated alkanes) is 1. The number of aldehydes is 1. The molecule has 2 aromatic rings. The van der Waals surface area contributed by atoms with Gasteiger partial charge in [-0.2, -0.15) is 0 Å². The van der Waals surface area contributed by atoms with Gasteiger partial charge in [0.15, 0.2) is 6.29 Å². The van der Waals surface area contributed by atoms with Gasteiger partial charge in [-0.25, -0.2) is 4.79 Å². The zero-order valence-electron chi connectivity index (χ0n) is 13.9. The van der Waals surface area contributed by atoms with Crippen LogP contribution in [0.1, 0.15) is 40.5 Å². The molecule has 0 heterocycles. The summed E-state index contributed by atoms with van der Waals surface area (Å²) in [5.74, 6) is -0.128. The van der Waals surface area contributed by atoms with Crippen LogP contribution in [0.15, 0.2) is 40.9 Å². The average molecular weight is 422 g/mol. The zero-order valence-corrected chi connectivity index (χ0v) is 15.5. The molecule has 0 saturated heterocycles. The monoisotopic (exact) mass is 421 g/mol. The van der Waals surface area contributed by atoms with Crippen LogP contribution in [0.2, 0.25) is 0 Å². The smallest absolute Gasteiger partial charge is 0.343 e. The van der Waals surface area contributed by atoms with Crippen molar-refractivity contribution in [2.45, 2.75) is 19.8 Å². The number of halogens is 1. The first-order valence-corrected chi connectivity index (χ1v) is 8.63. The number of non-ortho nitro benzene ring substituents is 1. The summed E-state index contributed by atoms with van der Waals surface area (Å²) in [5.41, 5.74) is -0.0933. The van der Waals surface area contributed by atoms with Gasteiger partial charge in [0.05, 0.1) is 27.1 Å². The van der Waals surface area contributed by atoms with Crippen LogP contribution in [0, 0.1) is 10.1 Å². The number of hydrogen-bond acceptors (Lipinski definition) is 6. The third-order valence-electron chi connectivity index (χ3n) is 3.46. The lowest BCUT2D eigenvalue weighted by Gasteiger charge is -2.10. The number of nitro benzene ring substituents is 1. The van der Waals surface area contributed by atoms with Crippen LogP contribution in [-0.2, 0) is 0 Å². The summed E-state index contributed by atoms with van der Waals surface area (Å²) in [6.07, 6.45) is 2.33. The van der Waals surface area contributed by atoms with Crippen molar-refractivity contribution in [1.29, 1.82) is 0 Å². The molecule has 0 aromatic heterocycles. The Morgan fingerprint density at radius 1 is 1.23 bits per heavy atom. The van der Waals surface area contributed by atoms with Gasteiger partial charge in [-0.3, -0.25) is 14.9 Å². The van der Waals surface area contributed by atoms with Gasteiger partial charge in [0.1, 0.15) is 11.5 Å². The summed E-state index contributed by atoms with van der Waals surface area (Å²) in [6, 6.07) is 8.17. The number of esters is 1. The number of hydrogen-bond donors (Lipinski definition) is 0. The molecule has 0 bridgehead atoms. The lowest BCUT2D eigenvalue weighted by atomic mass is 10.2. The standard InChI is InChI=1S/C18H16BrNO6/c1-2-3-8-25-17-6-4-12(10-15(17)19)18(22)26-16-7-5-14(20(23)24)9-13(16)11-21/h4-7,9-11H,2-3,8H2,1H3. The third-order valence-corrected chi connectivity index (χ3v) is 4.08. The number of carbonyl (C=O) groups is 2. The molecule has 136 valence electrons. The van der Waals surface area contributed by atoms with Crippen molar-refractivity contribution in [3.05, 3.63) is 62.1 Å². The Morgan fingerprint density at radius 2 is 1.96 bits per heavy atom. The molecule has 2 rings (SSSR count). The highest BCUT2D eigenvalue weighted by Crippen LogP contribution is 2.28. The molecule has 26 heavy (non-hydrogen) atoms. The topological polar surface area (TPSA) is 95.7 Å². The van der Waals surface area contributed by atoms with Crippen LogP contribution in [0.25, 0.3) is 0 Å².